The third-order valence-corrected chi connectivity index (χ3v) is 5.39. The molecule has 2 bridgehead atoms. The predicted molar refractivity (Wildman–Crippen MR) is 94.6 cm³/mol. The van der Waals surface area contributed by atoms with E-state index in [1.165, 1.54) is 24.0 Å². The number of fused-ring (bicyclic) bond motifs is 2. The van der Waals surface area contributed by atoms with Crippen LogP contribution in [0, 0.1) is 0 Å². The average molecular weight is 314 g/mol. The average Bonchev–Trinajstić information content (AvgIpc) is 2.77. The molecule has 0 spiro atoms. The summed E-state index contributed by atoms with van der Waals surface area (Å²) < 4.78 is 0. The Kier molecular flexibility index (Phi) is 4.77. The van der Waals surface area contributed by atoms with Crippen molar-refractivity contribution < 1.29 is 4.79 Å². The van der Waals surface area contributed by atoms with Crippen molar-refractivity contribution in [1.29, 1.82) is 0 Å². The second-order valence-corrected chi connectivity index (χ2v) is 8.13. The number of nitrogens with one attached hydrogen (secondary N) is 1. The van der Waals surface area contributed by atoms with Gasteiger partial charge < -0.3 is 10.2 Å². The lowest BCUT2D eigenvalue weighted by Gasteiger charge is -2.28. The lowest BCUT2D eigenvalue weighted by atomic mass is 9.86. The van der Waals surface area contributed by atoms with Gasteiger partial charge in [-0.1, -0.05) is 45.0 Å². The fraction of sp³-hybridized carbons (Fsp3) is 0.650. The van der Waals surface area contributed by atoms with Gasteiger partial charge in [0.1, 0.15) is 0 Å². The second-order valence-electron chi connectivity index (χ2n) is 8.13. The molecular formula is C20H30N2O. The fourth-order valence-corrected chi connectivity index (χ4v) is 3.94. The molecule has 2 aliphatic rings. The SMILES string of the molecule is CC(C)(C)c1ccc(CCC(=O)N2C3CCNCC2CC3)cc1. The van der Waals surface area contributed by atoms with E-state index in [1.54, 1.807) is 0 Å². The number of aryl methyl sites for hydroxylation is 1. The van der Waals surface area contributed by atoms with E-state index in [1.807, 2.05) is 0 Å². The lowest BCUT2D eigenvalue weighted by Crippen LogP contribution is -2.42. The summed E-state index contributed by atoms with van der Waals surface area (Å²) in [7, 11) is 0. The summed E-state index contributed by atoms with van der Waals surface area (Å²) in [6, 6.07) is 9.70. The van der Waals surface area contributed by atoms with Crippen molar-refractivity contribution in [1.82, 2.24) is 10.2 Å². The molecule has 2 atom stereocenters. The van der Waals surface area contributed by atoms with Crippen molar-refractivity contribution in [2.75, 3.05) is 13.1 Å². The Morgan fingerprint density at radius 2 is 1.83 bits per heavy atom. The van der Waals surface area contributed by atoms with Crippen molar-refractivity contribution >= 4 is 5.91 Å². The van der Waals surface area contributed by atoms with Gasteiger partial charge in [-0.15, -0.1) is 0 Å². The number of carbonyl (C=O) groups excluding carboxylic acids is 1. The molecule has 0 aliphatic carbocycles. The third-order valence-electron chi connectivity index (χ3n) is 5.39. The summed E-state index contributed by atoms with van der Waals surface area (Å²) in [5.41, 5.74) is 2.81. The van der Waals surface area contributed by atoms with Gasteiger partial charge in [-0.2, -0.15) is 0 Å². The Morgan fingerprint density at radius 3 is 2.52 bits per heavy atom. The highest BCUT2D eigenvalue weighted by Gasteiger charge is 2.37. The number of hydrogen-bond donors (Lipinski definition) is 1. The zero-order valence-electron chi connectivity index (χ0n) is 14.8. The second kappa shape index (κ2) is 6.64. The first-order chi connectivity index (χ1) is 10.9. The molecular weight excluding hydrogens is 284 g/mol. The van der Waals surface area contributed by atoms with Gasteiger partial charge in [0.25, 0.3) is 0 Å². The topological polar surface area (TPSA) is 32.3 Å². The van der Waals surface area contributed by atoms with Crippen LogP contribution in [0.15, 0.2) is 24.3 Å². The minimum absolute atomic E-state index is 0.187. The highest BCUT2D eigenvalue weighted by atomic mass is 16.2. The maximum atomic E-state index is 12.7. The predicted octanol–water partition coefficient (Wildman–Crippen LogP) is 3.27. The molecule has 0 radical (unpaired) electrons. The number of nitrogens with zero attached hydrogens (tertiary/aromatic N) is 1. The van der Waals surface area contributed by atoms with E-state index in [0.717, 1.165) is 25.9 Å². The zero-order valence-corrected chi connectivity index (χ0v) is 14.8. The zero-order chi connectivity index (χ0) is 16.4. The summed E-state index contributed by atoms with van der Waals surface area (Å²) in [6.45, 7) is 8.72. The molecule has 2 fully saturated rings. The molecule has 1 amide bonds. The van der Waals surface area contributed by atoms with E-state index >= 15 is 0 Å². The van der Waals surface area contributed by atoms with Crippen LogP contribution in [0.3, 0.4) is 0 Å². The quantitative estimate of drug-likeness (QED) is 0.928. The first-order valence-corrected chi connectivity index (χ1v) is 9.06. The molecule has 2 saturated heterocycles. The van der Waals surface area contributed by atoms with Crippen LogP contribution >= 0.6 is 0 Å². The molecule has 1 aromatic rings. The van der Waals surface area contributed by atoms with Crippen LogP contribution in [0.2, 0.25) is 0 Å². The van der Waals surface area contributed by atoms with Crippen LogP contribution < -0.4 is 5.32 Å². The number of rotatable bonds is 3. The highest BCUT2D eigenvalue weighted by molar-refractivity contribution is 5.77. The maximum absolute atomic E-state index is 12.7. The number of benzene rings is 1. The van der Waals surface area contributed by atoms with Gasteiger partial charge in [0.15, 0.2) is 0 Å². The molecule has 0 aromatic heterocycles. The van der Waals surface area contributed by atoms with Crippen LogP contribution in [0.1, 0.15) is 57.6 Å². The summed E-state index contributed by atoms with van der Waals surface area (Å²) in [6.07, 6.45) is 4.97. The van der Waals surface area contributed by atoms with Gasteiger partial charge in [0.2, 0.25) is 5.91 Å². The van der Waals surface area contributed by atoms with Crippen molar-refractivity contribution in [3.8, 4) is 0 Å². The monoisotopic (exact) mass is 314 g/mol. The van der Waals surface area contributed by atoms with E-state index in [-0.39, 0.29) is 5.41 Å². The normalized spacial score (nSPS) is 24.6. The van der Waals surface area contributed by atoms with Crippen LogP contribution in [0.4, 0.5) is 0 Å². The summed E-state index contributed by atoms with van der Waals surface area (Å²) >= 11 is 0. The van der Waals surface area contributed by atoms with Gasteiger partial charge in [-0.25, -0.2) is 0 Å². The van der Waals surface area contributed by atoms with Crippen LogP contribution in [0.5, 0.6) is 0 Å². The van der Waals surface area contributed by atoms with Gasteiger partial charge >= 0.3 is 0 Å². The molecule has 23 heavy (non-hydrogen) atoms. The molecule has 0 saturated carbocycles. The number of carbonyl (C=O) groups is 1. The molecule has 1 N–H and O–H groups in total. The number of hydrogen-bond acceptors (Lipinski definition) is 2. The Bertz CT molecular complexity index is 530. The van der Waals surface area contributed by atoms with Crippen molar-refractivity contribution in [2.45, 2.75) is 70.4 Å². The minimum Gasteiger partial charge on any atom is -0.335 e. The standard InChI is InChI=1S/C20H30N2O/c1-20(2,3)16-7-4-15(5-8-16)6-11-19(23)22-17-9-10-18(22)14-21-13-12-17/h4-5,7-8,17-18,21H,6,9-14H2,1-3H3. The van der Waals surface area contributed by atoms with Crippen LogP contribution in [-0.4, -0.2) is 36.0 Å². The van der Waals surface area contributed by atoms with Crippen LogP contribution in [0.25, 0.3) is 0 Å². The Hall–Kier alpha value is -1.35. The van der Waals surface area contributed by atoms with Gasteiger partial charge in [0, 0.05) is 25.0 Å². The van der Waals surface area contributed by atoms with E-state index in [9.17, 15) is 4.79 Å². The first kappa shape index (κ1) is 16.5. The fourth-order valence-electron chi connectivity index (χ4n) is 3.94. The minimum atomic E-state index is 0.187. The van der Waals surface area contributed by atoms with Crippen molar-refractivity contribution in [3.05, 3.63) is 35.4 Å². The first-order valence-electron chi connectivity index (χ1n) is 9.06. The smallest absolute Gasteiger partial charge is 0.223 e. The molecule has 3 rings (SSSR count). The van der Waals surface area contributed by atoms with Gasteiger partial charge in [-0.05, 0) is 48.8 Å². The molecule has 2 unspecified atom stereocenters. The van der Waals surface area contributed by atoms with Gasteiger partial charge in [-0.3, -0.25) is 4.79 Å². The van der Waals surface area contributed by atoms with Crippen molar-refractivity contribution in [2.24, 2.45) is 0 Å². The largest absolute Gasteiger partial charge is 0.335 e. The maximum Gasteiger partial charge on any atom is 0.223 e. The van der Waals surface area contributed by atoms with Crippen LogP contribution in [-0.2, 0) is 16.6 Å². The Labute approximate surface area is 140 Å². The Balaban J connectivity index is 1.58. The summed E-state index contributed by atoms with van der Waals surface area (Å²) in [5, 5.41) is 3.46. The molecule has 3 nitrogen and oxygen atoms in total. The number of amides is 1. The van der Waals surface area contributed by atoms with E-state index in [2.05, 4.69) is 55.3 Å². The molecule has 126 valence electrons. The third kappa shape index (κ3) is 3.77. The highest BCUT2D eigenvalue weighted by Crippen LogP contribution is 2.29. The Morgan fingerprint density at radius 1 is 1.13 bits per heavy atom. The van der Waals surface area contributed by atoms with Crippen molar-refractivity contribution in [3.63, 3.8) is 0 Å². The molecule has 1 aromatic carbocycles. The molecule has 3 heteroatoms. The molecule has 2 aliphatic heterocycles. The summed E-state index contributed by atoms with van der Waals surface area (Å²) in [5.74, 6) is 0.348. The van der Waals surface area contributed by atoms with E-state index in [0.29, 0.717) is 24.4 Å². The van der Waals surface area contributed by atoms with E-state index < -0.39 is 0 Å². The summed E-state index contributed by atoms with van der Waals surface area (Å²) in [4.78, 5) is 14.9. The van der Waals surface area contributed by atoms with Gasteiger partial charge in [0.05, 0.1) is 0 Å². The van der Waals surface area contributed by atoms with E-state index in [4.69, 9.17) is 0 Å². The molecule has 2 heterocycles. The lowest BCUT2D eigenvalue weighted by molar-refractivity contribution is -0.133.